The molecule has 0 saturated carbocycles. The van der Waals surface area contributed by atoms with Crippen LogP contribution in [0.1, 0.15) is 37.4 Å². The van der Waals surface area contributed by atoms with Crippen molar-refractivity contribution >= 4 is 61.1 Å². The SMILES string of the molecule is N#Cc1ccc(-c2ccc3c(c2)c2ccccc2n3-c2cc(-c3cccc4c3C(=O)N(c3ccccc3-c3ccccc3)C4=O)c(-n3c4ccccc4c4cc(-c5ccc(C#N)cc5)ccc43)cc2C#N)cc1. The fraction of sp³-hybridized carbons (Fsp3) is 0. The molecule has 10 aromatic carbocycles. The number of hydrogen-bond donors (Lipinski definition) is 0. The fourth-order valence-electron chi connectivity index (χ4n) is 10.8. The quantitative estimate of drug-likeness (QED) is 0.147. The zero-order valence-corrected chi connectivity index (χ0v) is 38.8. The van der Waals surface area contributed by atoms with Crippen molar-refractivity contribution in [1.82, 2.24) is 9.13 Å². The van der Waals surface area contributed by atoms with Gasteiger partial charge in [0.25, 0.3) is 11.8 Å². The molecule has 8 nitrogen and oxygen atoms in total. The minimum absolute atomic E-state index is 0.269. The Labute approximate surface area is 418 Å². The fourth-order valence-corrected chi connectivity index (χ4v) is 10.8. The van der Waals surface area contributed by atoms with E-state index in [1.54, 1.807) is 6.07 Å². The van der Waals surface area contributed by atoms with E-state index in [2.05, 4.69) is 81.9 Å². The van der Waals surface area contributed by atoms with Crippen molar-refractivity contribution in [2.45, 2.75) is 0 Å². The first-order valence-electron chi connectivity index (χ1n) is 23.8. The van der Waals surface area contributed by atoms with Gasteiger partial charge in [-0.3, -0.25) is 9.59 Å². The summed E-state index contributed by atoms with van der Waals surface area (Å²) in [5.74, 6) is -0.870. The van der Waals surface area contributed by atoms with Crippen LogP contribution in [0, 0.1) is 34.0 Å². The molecule has 13 rings (SSSR count). The van der Waals surface area contributed by atoms with E-state index in [9.17, 15) is 20.6 Å². The van der Waals surface area contributed by atoms with Gasteiger partial charge in [-0.1, -0.05) is 133 Å². The number of carbonyl (C=O) groups excluding carboxylic acids is 2. The van der Waals surface area contributed by atoms with Crippen molar-refractivity contribution < 1.29 is 9.59 Å². The molecule has 338 valence electrons. The van der Waals surface area contributed by atoms with Crippen LogP contribution in [0.2, 0.25) is 0 Å². The first-order valence-corrected chi connectivity index (χ1v) is 23.8. The van der Waals surface area contributed by atoms with Crippen LogP contribution in [-0.2, 0) is 0 Å². The van der Waals surface area contributed by atoms with Gasteiger partial charge in [-0.25, -0.2) is 4.90 Å². The molecule has 0 fully saturated rings. The summed E-state index contributed by atoms with van der Waals surface area (Å²) < 4.78 is 4.28. The van der Waals surface area contributed by atoms with Crippen molar-refractivity contribution in [3.63, 3.8) is 0 Å². The molecule has 0 aliphatic carbocycles. The highest BCUT2D eigenvalue weighted by atomic mass is 16.2. The summed E-state index contributed by atoms with van der Waals surface area (Å²) in [5.41, 5.74) is 14.0. The number of fused-ring (bicyclic) bond motifs is 7. The minimum atomic E-state index is -0.447. The molecule has 0 atom stereocenters. The van der Waals surface area contributed by atoms with Crippen LogP contribution in [0.25, 0.3) is 99.5 Å². The van der Waals surface area contributed by atoms with E-state index in [1.807, 2.05) is 158 Å². The molecule has 0 bridgehead atoms. The predicted molar refractivity (Wildman–Crippen MR) is 289 cm³/mol. The second-order valence-corrected chi connectivity index (χ2v) is 18.1. The lowest BCUT2D eigenvalue weighted by Gasteiger charge is -2.20. The van der Waals surface area contributed by atoms with Crippen LogP contribution in [0.4, 0.5) is 5.69 Å². The number of nitrogens with zero attached hydrogens (tertiary/aromatic N) is 6. The molecule has 1 aliphatic heterocycles. The first kappa shape index (κ1) is 42.5. The van der Waals surface area contributed by atoms with Gasteiger partial charge in [-0.15, -0.1) is 0 Å². The van der Waals surface area contributed by atoms with Gasteiger partial charge in [-0.2, -0.15) is 15.8 Å². The van der Waals surface area contributed by atoms with Crippen LogP contribution in [0.15, 0.2) is 218 Å². The van der Waals surface area contributed by atoms with E-state index in [0.29, 0.717) is 44.9 Å². The minimum Gasteiger partial charge on any atom is -0.309 e. The summed E-state index contributed by atoms with van der Waals surface area (Å²) in [4.78, 5) is 31.5. The first-order chi connectivity index (χ1) is 35.9. The van der Waals surface area contributed by atoms with E-state index >= 15 is 4.79 Å². The number of anilines is 1. The lowest BCUT2D eigenvalue weighted by Crippen LogP contribution is -2.30. The predicted octanol–water partition coefficient (Wildman–Crippen LogP) is 15.0. The highest BCUT2D eigenvalue weighted by Crippen LogP contribution is 2.45. The molecule has 12 aromatic rings. The Hall–Kier alpha value is -10.6. The number of aromatic nitrogens is 2. The number of nitriles is 3. The summed E-state index contributed by atoms with van der Waals surface area (Å²) in [6, 6.07) is 77.5. The van der Waals surface area contributed by atoms with Gasteiger partial charge in [0.15, 0.2) is 0 Å². The van der Waals surface area contributed by atoms with E-state index in [4.69, 9.17) is 0 Å². The Bertz CT molecular complexity index is 4450. The molecule has 1 aliphatic rings. The number of rotatable bonds is 7. The number of imide groups is 1. The monoisotopic (exact) mass is 932 g/mol. The van der Waals surface area contributed by atoms with Gasteiger partial charge < -0.3 is 9.13 Å². The maximum Gasteiger partial charge on any atom is 0.266 e. The summed E-state index contributed by atoms with van der Waals surface area (Å²) in [6.07, 6.45) is 0. The summed E-state index contributed by atoms with van der Waals surface area (Å²) >= 11 is 0. The van der Waals surface area contributed by atoms with Crippen LogP contribution in [0.3, 0.4) is 0 Å². The largest absolute Gasteiger partial charge is 0.309 e. The molecule has 8 heteroatoms. The molecule has 2 amide bonds. The number of benzene rings is 10. The zero-order valence-electron chi connectivity index (χ0n) is 38.8. The van der Waals surface area contributed by atoms with Gasteiger partial charge >= 0.3 is 0 Å². The molecule has 0 saturated heterocycles. The van der Waals surface area contributed by atoms with Crippen LogP contribution in [-0.4, -0.2) is 20.9 Å². The van der Waals surface area contributed by atoms with E-state index in [0.717, 1.165) is 77.0 Å². The number of para-hydroxylation sites is 3. The third kappa shape index (κ3) is 6.66. The molecule has 0 spiro atoms. The van der Waals surface area contributed by atoms with Gasteiger partial charge in [0.2, 0.25) is 0 Å². The molecular weight excluding hydrogens is 897 g/mol. The molecule has 73 heavy (non-hydrogen) atoms. The molecule has 0 N–H and O–H groups in total. The summed E-state index contributed by atoms with van der Waals surface area (Å²) in [5, 5.41) is 34.3. The van der Waals surface area contributed by atoms with Crippen molar-refractivity contribution in [2.75, 3.05) is 4.90 Å². The number of carbonyl (C=O) groups is 2. The number of hydrogen-bond acceptors (Lipinski definition) is 5. The molecule has 0 unspecified atom stereocenters. The van der Waals surface area contributed by atoms with Crippen molar-refractivity contribution in [1.29, 1.82) is 15.8 Å². The van der Waals surface area contributed by atoms with Crippen molar-refractivity contribution in [2.24, 2.45) is 0 Å². The van der Waals surface area contributed by atoms with Crippen LogP contribution < -0.4 is 4.90 Å². The molecule has 3 heterocycles. The smallest absolute Gasteiger partial charge is 0.266 e. The summed E-state index contributed by atoms with van der Waals surface area (Å²) in [6.45, 7) is 0. The van der Waals surface area contributed by atoms with Crippen molar-refractivity contribution in [3.8, 4) is 74.1 Å². The average Bonchev–Trinajstić information content (AvgIpc) is 4.06. The Morgan fingerprint density at radius 2 is 0.808 bits per heavy atom. The normalized spacial score (nSPS) is 12.1. The lowest BCUT2D eigenvalue weighted by molar-refractivity contribution is 0.0926. The average molecular weight is 933 g/mol. The number of amides is 2. The zero-order chi connectivity index (χ0) is 49.3. The van der Waals surface area contributed by atoms with Gasteiger partial charge in [0.05, 0.1) is 79.1 Å². The third-order valence-corrected chi connectivity index (χ3v) is 14.2. The van der Waals surface area contributed by atoms with Gasteiger partial charge in [-0.05, 0) is 118 Å². The lowest BCUT2D eigenvalue weighted by atomic mass is 9.93. The third-order valence-electron chi connectivity index (χ3n) is 14.2. The van der Waals surface area contributed by atoms with Gasteiger partial charge in [0, 0.05) is 32.7 Å². The van der Waals surface area contributed by atoms with E-state index in [-0.39, 0.29) is 11.1 Å². The Morgan fingerprint density at radius 1 is 0.315 bits per heavy atom. The van der Waals surface area contributed by atoms with E-state index in [1.165, 1.54) is 4.90 Å². The Kier molecular flexibility index (Phi) is 9.80. The molecular formula is C65H36N6O2. The Morgan fingerprint density at radius 3 is 1.40 bits per heavy atom. The van der Waals surface area contributed by atoms with Gasteiger partial charge in [0.1, 0.15) is 6.07 Å². The highest BCUT2D eigenvalue weighted by molar-refractivity contribution is 6.37. The van der Waals surface area contributed by atoms with E-state index < -0.39 is 11.8 Å². The van der Waals surface area contributed by atoms with Crippen molar-refractivity contribution in [3.05, 3.63) is 246 Å². The molecule has 2 aromatic heterocycles. The second-order valence-electron chi connectivity index (χ2n) is 18.1. The topological polar surface area (TPSA) is 119 Å². The summed E-state index contributed by atoms with van der Waals surface area (Å²) in [7, 11) is 0. The maximum atomic E-state index is 15.4. The molecule has 0 radical (unpaired) electrons. The van der Waals surface area contributed by atoms with Crippen LogP contribution in [0.5, 0.6) is 0 Å². The van der Waals surface area contributed by atoms with Crippen LogP contribution >= 0.6 is 0 Å². The highest BCUT2D eigenvalue weighted by Gasteiger charge is 2.40. The Balaban J connectivity index is 1.08. The standard InChI is InChI=1S/C65H36N6O2/c66-37-40-21-25-42(26-22-40)45-29-31-59-53(33-45)49-14-5-8-19-57(49)69(59)61-36-55(51-16-10-17-52-63(51)65(73)71(64(52)72)56-18-7-4-13-48(56)44-11-2-1-3-12-44)62(35-47(61)39-68)70-58-20-9-6-15-50(58)54-34-46(30-32-60(54)70)43-27-23-41(38-67)24-28-43/h1-36H. The maximum absolute atomic E-state index is 15.4. The second kappa shape index (κ2) is 16.8.